The lowest BCUT2D eigenvalue weighted by molar-refractivity contribution is 0.177. The molecule has 0 fully saturated rings. The van der Waals surface area contributed by atoms with Crippen LogP contribution in [0.15, 0.2) is 24.3 Å². The van der Waals surface area contributed by atoms with E-state index in [9.17, 15) is 4.79 Å². The van der Waals surface area contributed by atoms with E-state index < -0.39 is 0 Å². The summed E-state index contributed by atoms with van der Waals surface area (Å²) in [6, 6.07) is 8.25. The topological polar surface area (TPSA) is 41.6 Å². The van der Waals surface area contributed by atoms with Gasteiger partial charge in [-0.25, -0.2) is 4.79 Å². The van der Waals surface area contributed by atoms with Crippen LogP contribution >= 0.6 is 0 Å². The lowest BCUT2D eigenvalue weighted by Gasteiger charge is -2.33. The van der Waals surface area contributed by atoms with Crippen molar-refractivity contribution in [1.29, 1.82) is 0 Å². The molecule has 0 spiro atoms. The number of hydrogen-bond donors (Lipinski definition) is 1. The Morgan fingerprint density at radius 2 is 2.25 bits per heavy atom. The van der Waals surface area contributed by atoms with E-state index in [1.54, 1.807) is 4.90 Å². The number of nitrogens with one attached hydrogen (secondary N) is 1. The minimum atomic E-state index is -0.290. The number of amides is 1. The average Bonchev–Trinajstić information content (AvgIpc) is 2.36. The second-order valence-electron chi connectivity index (χ2n) is 3.81. The number of nitrogens with zero attached hydrogens (tertiary/aromatic N) is 1. The van der Waals surface area contributed by atoms with Gasteiger partial charge in [-0.2, -0.15) is 0 Å². The number of para-hydroxylation sites is 1. The highest BCUT2D eigenvalue weighted by Gasteiger charge is 2.27. The molecule has 1 amide bonds. The third-order valence-corrected chi connectivity index (χ3v) is 2.99. The Bertz CT molecular complexity index is 392. The van der Waals surface area contributed by atoms with Crippen LogP contribution in [0.3, 0.4) is 0 Å². The first-order valence-electron chi connectivity index (χ1n) is 5.39. The lowest BCUT2D eigenvalue weighted by atomic mass is 9.97. The molecule has 0 radical (unpaired) electrons. The van der Waals surface area contributed by atoms with Gasteiger partial charge in [-0.3, -0.25) is 4.90 Å². The molecule has 0 aliphatic carbocycles. The van der Waals surface area contributed by atoms with Crippen molar-refractivity contribution in [3.05, 3.63) is 29.8 Å². The first-order valence-corrected chi connectivity index (χ1v) is 5.39. The smallest absolute Gasteiger partial charge is 0.414 e. The monoisotopic (exact) mass is 220 g/mol. The van der Waals surface area contributed by atoms with Gasteiger partial charge in [-0.1, -0.05) is 18.2 Å². The Morgan fingerprint density at radius 1 is 1.50 bits per heavy atom. The van der Waals surface area contributed by atoms with E-state index in [-0.39, 0.29) is 6.09 Å². The van der Waals surface area contributed by atoms with Crippen molar-refractivity contribution in [3.63, 3.8) is 0 Å². The standard InChI is InChI=1S/C12H16N2O2/c1-13-10-7-8-14(12(15)16-2)11-6-4-3-5-9(10)11/h3-6,10,13H,7-8H2,1-2H3. The number of methoxy groups -OCH3 is 1. The van der Waals surface area contributed by atoms with Gasteiger partial charge in [-0.15, -0.1) is 0 Å². The zero-order valence-corrected chi connectivity index (χ0v) is 9.56. The number of benzene rings is 1. The second kappa shape index (κ2) is 4.53. The van der Waals surface area contributed by atoms with Crippen molar-refractivity contribution in [2.24, 2.45) is 0 Å². The second-order valence-corrected chi connectivity index (χ2v) is 3.81. The van der Waals surface area contributed by atoms with Crippen molar-refractivity contribution in [2.45, 2.75) is 12.5 Å². The summed E-state index contributed by atoms with van der Waals surface area (Å²) in [5.41, 5.74) is 2.10. The molecule has 1 aromatic rings. The quantitative estimate of drug-likeness (QED) is 0.786. The van der Waals surface area contributed by atoms with Gasteiger partial charge in [0.25, 0.3) is 0 Å². The Labute approximate surface area is 95.2 Å². The van der Waals surface area contributed by atoms with Gasteiger partial charge in [0.05, 0.1) is 12.8 Å². The van der Waals surface area contributed by atoms with Crippen LogP contribution in [0.2, 0.25) is 0 Å². The fraction of sp³-hybridized carbons (Fsp3) is 0.417. The minimum absolute atomic E-state index is 0.290. The summed E-state index contributed by atoms with van der Waals surface area (Å²) in [6.45, 7) is 0.690. The number of fused-ring (bicyclic) bond motifs is 1. The third-order valence-electron chi connectivity index (χ3n) is 2.99. The van der Waals surface area contributed by atoms with Crippen molar-refractivity contribution in [3.8, 4) is 0 Å². The molecule has 1 atom stereocenters. The fourth-order valence-corrected chi connectivity index (χ4v) is 2.16. The molecular weight excluding hydrogens is 204 g/mol. The maximum absolute atomic E-state index is 11.6. The molecule has 0 saturated carbocycles. The molecule has 4 nitrogen and oxygen atoms in total. The van der Waals surface area contributed by atoms with E-state index in [0.29, 0.717) is 12.6 Å². The molecule has 1 aliphatic rings. The van der Waals surface area contributed by atoms with Gasteiger partial charge >= 0.3 is 6.09 Å². The average molecular weight is 220 g/mol. The van der Waals surface area contributed by atoms with Crippen LogP contribution < -0.4 is 10.2 Å². The van der Waals surface area contributed by atoms with Crippen LogP contribution in [0.1, 0.15) is 18.0 Å². The molecular formula is C12H16N2O2. The molecule has 0 saturated heterocycles. The predicted molar refractivity (Wildman–Crippen MR) is 62.6 cm³/mol. The first kappa shape index (κ1) is 11.0. The minimum Gasteiger partial charge on any atom is -0.452 e. The summed E-state index contributed by atoms with van der Waals surface area (Å²) in [6.07, 6.45) is 0.616. The molecule has 1 heterocycles. The number of rotatable bonds is 1. The molecule has 1 unspecified atom stereocenters. The highest BCUT2D eigenvalue weighted by atomic mass is 16.5. The molecule has 2 rings (SSSR count). The zero-order valence-electron chi connectivity index (χ0n) is 9.56. The number of carbonyl (C=O) groups is 1. The molecule has 4 heteroatoms. The van der Waals surface area contributed by atoms with Crippen molar-refractivity contribution < 1.29 is 9.53 Å². The number of hydrogen-bond acceptors (Lipinski definition) is 3. The van der Waals surface area contributed by atoms with Crippen LogP contribution in [0.25, 0.3) is 0 Å². The SMILES string of the molecule is CNC1CCN(C(=O)OC)c2ccccc21. The number of carbonyl (C=O) groups excluding carboxylic acids is 1. The maximum atomic E-state index is 11.6. The van der Waals surface area contributed by atoms with Crippen molar-refractivity contribution >= 4 is 11.8 Å². The van der Waals surface area contributed by atoms with E-state index in [1.165, 1.54) is 7.11 Å². The summed E-state index contributed by atoms with van der Waals surface area (Å²) in [4.78, 5) is 13.3. The normalized spacial score (nSPS) is 19.1. The highest BCUT2D eigenvalue weighted by Crippen LogP contribution is 2.33. The van der Waals surface area contributed by atoms with E-state index >= 15 is 0 Å². The van der Waals surface area contributed by atoms with Crippen molar-refractivity contribution in [2.75, 3.05) is 25.6 Å². The van der Waals surface area contributed by atoms with Gasteiger partial charge in [0.15, 0.2) is 0 Å². The first-order chi connectivity index (χ1) is 7.77. The fourth-order valence-electron chi connectivity index (χ4n) is 2.16. The van der Waals surface area contributed by atoms with Gasteiger partial charge in [0.1, 0.15) is 0 Å². The van der Waals surface area contributed by atoms with Crippen LogP contribution in [0.4, 0.5) is 10.5 Å². The molecule has 1 aromatic carbocycles. The van der Waals surface area contributed by atoms with Crippen LogP contribution in [0.5, 0.6) is 0 Å². The van der Waals surface area contributed by atoms with Crippen molar-refractivity contribution in [1.82, 2.24) is 5.32 Å². The molecule has 86 valence electrons. The molecule has 0 bridgehead atoms. The Balaban J connectivity index is 2.38. The summed E-state index contributed by atoms with van der Waals surface area (Å²) >= 11 is 0. The molecule has 0 aromatic heterocycles. The van der Waals surface area contributed by atoms with E-state index in [2.05, 4.69) is 5.32 Å². The van der Waals surface area contributed by atoms with E-state index in [4.69, 9.17) is 4.74 Å². The van der Waals surface area contributed by atoms with Gasteiger partial charge < -0.3 is 10.1 Å². The van der Waals surface area contributed by atoms with Crippen LogP contribution in [-0.2, 0) is 4.74 Å². The lowest BCUT2D eigenvalue weighted by Crippen LogP contribution is -2.38. The molecule has 16 heavy (non-hydrogen) atoms. The van der Waals surface area contributed by atoms with Crippen LogP contribution in [0, 0.1) is 0 Å². The van der Waals surface area contributed by atoms with Gasteiger partial charge in [0, 0.05) is 12.6 Å². The van der Waals surface area contributed by atoms with Crippen LogP contribution in [-0.4, -0.2) is 26.8 Å². The Morgan fingerprint density at radius 3 is 2.94 bits per heavy atom. The third kappa shape index (κ3) is 1.76. The van der Waals surface area contributed by atoms with Gasteiger partial charge in [0.2, 0.25) is 0 Å². The maximum Gasteiger partial charge on any atom is 0.414 e. The predicted octanol–water partition coefficient (Wildman–Crippen LogP) is 1.92. The molecule has 1 aliphatic heterocycles. The largest absolute Gasteiger partial charge is 0.452 e. The summed E-state index contributed by atoms with van der Waals surface area (Å²) in [7, 11) is 3.35. The summed E-state index contributed by atoms with van der Waals surface area (Å²) in [5.74, 6) is 0. The van der Waals surface area contributed by atoms with E-state index in [1.807, 2.05) is 31.3 Å². The summed E-state index contributed by atoms with van der Waals surface area (Å²) < 4.78 is 4.78. The number of anilines is 1. The summed E-state index contributed by atoms with van der Waals surface area (Å²) in [5, 5.41) is 3.26. The van der Waals surface area contributed by atoms with Gasteiger partial charge in [-0.05, 0) is 25.1 Å². The zero-order chi connectivity index (χ0) is 11.5. The number of ether oxygens (including phenoxy) is 1. The molecule has 1 N–H and O–H groups in total. The Kier molecular flexibility index (Phi) is 3.10. The van der Waals surface area contributed by atoms with E-state index in [0.717, 1.165) is 17.7 Å². The highest BCUT2D eigenvalue weighted by molar-refractivity contribution is 5.89. The Hall–Kier alpha value is -1.55.